The van der Waals surface area contributed by atoms with Crippen molar-refractivity contribution in [2.45, 2.75) is 17.7 Å². The van der Waals surface area contributed by atoms with Crippen molar-refractivity contribution in [3.63, 3.8) is 0 Å². The van der Waals surface area contributed by atoms with E-state index >= 15 is 0 Å². The highest BCUT2D eigenvalue weighted by molar-refractivity contribution is 7.98. The summed E-state index contributed by atoms with van der Waals surface area (Å²) in [6.07, 6.45) is 7.25. The van der Waals surface area contributed by atoms with E-state index in [2.05, 4.69) is 5.10 Å². The van der Waals surface area contributed by atoms with E-state index in [0.29, 0.717) is 0 Å². The van der Waals surface area contributed by atoms with Crippen LogP contribution in [-0.2, 0) is 13.5 Å². The summed E-state index contributed by atoms with van der Waals surface area (Å²) in [5.74, 6) is 0.925. The molecule has 1 aromatic heterocycles. The Bertz CT molecular complexity index is 762. The number of aromatic nitrogens is 2. The van der Waals surface area contributed by atoms with Crippen LogP contribution in [0.4, 0.5) is 0 Å². The van der Waals surface area contributed by atoms with Gasteiger partial charge in [0.25, 0.3) is 0 Å². The molecular weight excluding hydrogens is 296 g/mol. The van der Waals surface area contributed by atoms with E-state index in [-0.39, 0.29) is 5.78 Å². The quantitative estimate of drug-likeness (QED) is 0.643. The summed E-state index contributed by atoms with van der Waals surface area (Å²) in [6.45, 7) is 0. The number of methoxy groups -OCH3 is 1. The van der Waals surface area contributed by atoms with Crippen LogP contribution < -0.4 is 4.74 Å². The lowest BCUT2D eigenvalue weighted by atomic mass is 9.90. The molecule has 4 nitrogen and oxygen atoms in total. The van der Waals surface area contributed by atoms with Gasteiger partial charge in [0.2, 0.25) is 0 Å². The highest BCUT2D eigenvalue weighted by Gasteiger charge is 2.24. The second-order valence-electron chi connectivity index (χ2n) is 5.24. The number of ether oxygens (including phenoxy) is 1. The molecule has 114 valence electrons. The van der Waals surface area contributed by atoms with Gasteiger partial charge in [-0.05, 0) is 42.9 Å². The zero-order chi connectivity index (χ0) is 15.7. The topological polar surface area (TPSA) is 44.1 Å². The summed E-state index contributed by atoms with van der Waals surface area (Å²) in [4.78, 5) is 13.6. The van der Waals surface area contributed by atoms with Gasteiger partial charge >= 0.3 is 0 Å². The predicted octanol–water partition coefficient (Wildman–Crippen LogP) is 3.36. The molecule has 2 aromatic rings. The van der Waals surface area contributed by atoms with E-state index < -0.39 is 0 Å². The molecule has 0 radical (unpaired) electrons. The van der Waals surface area contributed by atoms with Crippen LogP contribution in [0.2, 0.25) is 0 Å². The minimum absolute atomic E-state index is 0.0854. The molecule has 1 aromatic carbocycles. The largest absolute Gasteiger partial charge is 0.496 e. The van der Waals surface area contributed by atoms with Gasteiger partial charge in [-0.15, -0.1) is 11.8 Å². The third kappa shape index (κ3) is 2.57. The standard InChI is InChI=1S/C17H18N2O2S/c1-19-14-6-5-12(17(20)13(14)10-18-19)8-11-4-7-16(22-3)15(9-11)21-2/h4,7-10H,5-6H2,1-3H3/b12-8+. The number of thioether (sulfide) groups is 1. The van der Waals surface area contributed by atoms with Crippen LogP contribution in [-0.4, -0.2) is 28.9 Å². The zero-order valence-corrected chi connectivity index (χ0v) is 13.7. The fraction of sp³-hybridized carbons (Fsp3) is 0.294. The predicted molar refractivity (Wildman–Crippen MR) is 88.6 cm³/mol. The summed E-state index contributed by atoms with van der Waals surface area (Å²) in [5, 5.41) is 4.19. The van der Waals surface area contributed by atoms with Crippen LogP contribution in [0.1, 0.15) is 28.0 Å². The molecule has 0 fully saturated rings. The smallest absolute Gasteiger partial charge is 0.192 e. The normalized spacial score (nSPS) is 16.0. The first-order valence-corrected chi connectivity index (χ1v) is 8.34. The minimum Gasteiger partial charge on any atom is -0.496 e. The molecule has 1 heterocycles. The second kappa shape index (κ2) is 6.01. The molecule has 5 heteroatoms. The third-order valence-corrected chi connectivity index (χ3v) is 4.75. The molecule has 0 N–H and O–H groups in total. The number of carbonyl (C=O) groups is 1. The molecule has 1 aliphatic carbocycles. The van der Waals surface area contributed by atoms with Gasteiger partial charge in [0, 0.05) is 23.2 Å². The Morgan fingerprint density at radius 2 is 2.18 bits per heavy atom. The monoisotopic (exact) mass is 314 g/mol. The summed E-state index contributed by atoms with van der Waals surface area (Å²) >= 11 is 1.65. The summed E-state index contributed by atoms with van der Waals surface area (Å²) in [7, 11) is 3.55. The minimum atomic E-state index is 0.0854. The van der Waals surface area contributed by atoms with Gasteiger partial charge in [0.1, 0.15) is 5.75 Å². The molecule has 0 atom stereocenters. The summed E-state index contributed by atoms with van der Waals surface area (Å²) in [6, 6.07) is 6.02. The van der Waals surface area contributed by atoms with Crippen molar-refractivity contribution < 1.29 is 9.53 Å². The van der Waals surface area contributed by atoms with Gasteiger partial charge in [-0.2, -0.15) is 5.10 Å². The fourth-order valence-corrected chi connectivity index (χ4v) is 3.32. The number of ketones is 1. The van der Waals surface area contributed by atoms with Crippen molar-refractivity contribution in [1.82, 2.24) is 9.78 Å². The average Bonchev–Trinajstić information content (AvgIpc) is 2.92. The number of nitrogens with zero attached hydrogens (tertiary/aromatic N) is 2. The van der Waals surface area contributed by atoms with Crippen LogP contribution >= 0.6 is 11.8 Å². The Hall–Kier alpha value is -2.01. The SMILES string of the molecule is COc1cc(/C=C2\CCc3c(cnn3C)C2=O)ccc1SC. The number of Topliss-reactive ketones (excluding diaryl/α,β-unsaturated/α-hetero) is 1. The summed E-state index contributed by atoms with van der Waals surface area (Å²) < 4.78 is 7.20. The lowest BCUT2D eigenvalue weighted by molar-refractivity contribution is 0.102. The third-order valence-electron chi connectivity index (χ3n) is 3.98. The van der Waals surface area contributed by atoms with Gasteiger partial charge in [-0.1, -0.05) is 6.07 Å². The molecule has 0 unspecified atom stereocenters. The van der Waals surface area contributed by atoms with Crippen LogP contribution in [0.3, 0.4) is 0 Å². The number of aryl methyl sites for hydroxylation is 1. The fourth-order valence-electron chi connectivity index (χ4n) is 2.77. The van der Waals surface area contributed by atoms with Crippen molar-refractivity contribution in [3.8, 4) is 5.75 Å². The molecule has 0 saturated heterocycles. The van der Waals surface area contributed by atoms with E-state index in [1.807, 2.05) is 37.6 Å². The maximum absolute atomic E-state index is 12.6. The maximum Gasteiger partial charge on any atom is 0.192 e. The number of hydrogen-bond acceptors (Lipinski definition) is 4. The molecule has 22 heavy (non-hydrogen) atoms. The van der Waals surface area contributed by atoms with Crippen molar-refractivity contribution in [1.29, 1.82) is 0 Å². The van der Waals surface area contributed by atoms with Crippen molar-refractivity contribution in [2.75, 3.05) is 13.4 Å². The lowest BCUT2D eigenvalue weighted by Gasteiger charge is -2.15. The Kier molecular flexibility index (Phi) is 4.07. The van der Waals surface area contributed by atoms with Gasteiger partial charge in [-0.25, -0.2) is 0 Å². The Labute approximate surface area is 134 Å². The van der Waals surface area contributed by atoms with Crippen LogP contribution in [0.15, 0.2) is 34.9 Å². The van der Waals surface area contributed by atoms with E-state index in [1.165, 1.54) is 0 Å². The van der Waals surface area contributed by atoms with Crippen molar-refractivity contribution in [2.24, 2.45) is 7.05 Å². The summed E-state index contributed by atoms with van der Waals surface area (Å²) in [5.41, 5.74) is 3.58. The zero-order valence-electron chi connectivity index (χ0n) is 12.9. The number of carbonyl (C=O) groups excluding carboxylic acids is 1. The number of benzene rings is 1. The maximum atomic E-state index is 12.6. The molecule has 0 saturated carbocycles. The first kappa shape index (κ1) is 14.9. The highest BCUT2D eigenvalue weighted by atomic mass is 32.2. The van der Waals surface area contributed by atoms with Crippen LogP contribution in [0.5, 0.6) is 5.75 Å². The molecule has 1 aliphatic rings. The second-order valence-corrected chi connectivity index (χ2v) is 6.09. The molecule has 0 amide bonds. The van der Waals surface area contributed by atoms with Gasteiger partial charge in [-0.3, -0.25) is 9.48 Å². The van der Waals surface area contributed by atoms with E-state index in [9.17, 15) is 4.79 Å². The lowest BCUT2D eigenvalue weighted by Crippen LogP contribution is -2.14. The number of allylic oxidation sites excluding steroid dienone is 1. The van der Waals surface area contributed by atoms with Gasteiger partial charge in [0.05, 0.1) is 18.9 Å². The molecular formula is C17H18N2O2S. The van der Waals surface area contributed by atoms with Crippen molar-refractivity contribution in [3.05, 3.63) is 46.8 Å². The van der Waals surface area contributed by atoms with Crippen LogP contribution in [0, 0.1) is 0 Å². The number of fused-ring (bicyclic) bond motifs is 1. The Morgan fingerprint density at radius 1 is 1.36 bits per heavy atom. The molecule has 3 rings (SSSR count). The van der Waals surface area contributed by atoms with E-state index in [0.717, 1.165) is 45.9 Å². The number of hydrogen-bond donors (Lipinski definition) is 0. The number of rotatable bonds is 3. The van der Waals surface area contributed by atoms with Crippen molar-refractivity contribution >= 4 is 23.6 Å². The Balaban J connectivity index is 1.95. The van der Waals surface area contributed by atoms with E-state index in [1.54, 1.807) is 29.8 Å². The first-order chi connectivity index (χ1) is 10.6. The molecule has 0 aliphatic heterocycles. The van der Waals surface area contributed by atoms with Gasteiger partial charge in [0.15, 0.2) is 5.78 Å². The first-order valence-electron chi connectivity index (χ1n) is 7.12. The highest BCUT2D eigenvalue weighted by Crippen LogP contribution is 2.31. The Morgan fingerprint density at radius 3 is 2.91 bits per heavy atom. The molecule has 0 bridgehead atoms. The average molecular weight is 314 g/mol. The van der Waals surface area contributed by atoms with E-state index in [4.69, 9.17) is 4.74 Å². The van der Waals surface area contributed by atoms with Gasteiger partial charge < -0.3 is 4.74 Å². The molecule has 0 spiro atoms. The van der Waals surface area contributed by atoms with Crippen LogP contribution in [0.25, 0.3) is 6.08 Å².